The van der Waals surface area contributed by atoms with Gasteiger partial charge in [-0.15, -0.1) is 0 Å². The third kappa shape index (κ3) is 2.71. The quantitative estimate of drug-likeness (QED) is 0.846. The van der Waals surface area contributed by atoms with E-state index in [4.69, 9.17) is 5.73 Å². The Morgan fingerprint density at radius 3 is 2.61 bits per heavy atom. The van der Waals surface area contributed by atoms with Gasteiger partial charge in [-0.1, -0.05) is 0 Å². The Kier molecular flexibility index (Phi) is 3.67. The zero-order valence-corrected chi connectivity index (χ0v) is 10.4. The Labute approximate surface area is 106 Å². The Balaban J connectivity index is 2.00. The van der Waals surface area contributed by atoms with Crippen LogP contribution in [0.25, 0.3) is 0 Å². The van der Waals surface area contributed by atoms with Gasteiger partial charge in [-0.3, -0.25) is 4.79 Å². The molecular weight excluding hydrogens is 226 g/mol. The number of nitrogens with one attached hydrogen (secondary N) is 1. The van der Waals surface area contributed by atoms with Crippen LogP contribution in [0.2, 0.25) is 0 Å². The fourth-order valence-corrected chi connectivity index (χ4v) is 1.86. The number of nitrogens with zero attached hydrogens (tertiary/aromatic N) is 1. The molecule has 0 aliphatic heterocycles. The molecule has 1 amide bonds. The van der Waals surface area contributed by atoms with E-state index in [0.717, 1.165) is 18.8 Å². The van der Waals surface area contributed by atoms with Crippen molar-refractivity contribution in [2.24, 2.45) is 5.73 Å². The van der Waals surface area contributed by atoms with Gasteiger partial charge in [0.05, 0.1) is 6.54 Å². The molecule has 3 N–H and O–H groups in total. The first-order chi connectivity index (χ1) is 8.70. The number of carbonyl (C=O) groups is 1. The summed E-state index contributed by atoms with van der Waals surface area (Å²) in [7, 11) is 0. The normalized spacial score (nSPS) is 10.3. The second-order valence-corrected chi connectivity index (χ2v) is 4.08. The molecule has 18 heavy (non-hydrogen) atoms. The molecule has 0 spiro atoms. The average molecular weight is 243 g/mol. The minimum Gasteiger partial charge on any atom is -0.379 e. The SMILES string of the molecule is CCn1cccc1CNc1ccc(C(N)=O)cc1. The summed E-state index contributed by atoms with van der Waals surface area (Å²) >= 11 is 0. The van der Waals surface area contributed by atoms with Crippen LogP contribution in [0.4, 0.5) is 5.69 Å². The molecular formula is C14H17N3O. The largest absolute Gasteiger partial charge is 0.379 e. The summed E-state index contributed by atoms with van der Waals surface area (Å²) in [5.74, 6) is -0.401. The topological polar surface area (TPSA) is 60.1 Å². The van der Waals surface area contributed by atoms with E-state index < -0.39 is 5.91 Å². The van der Waals surface area contributed by atoms with E-state index in [1.807, 2.05) is 18.2 Å². The molecule has 0 unspecified atom stereocenters. The van der Waals surface area contributed by atoms with Gasteiger partial charge in [0.2, 0.25) is 5.91 Å². The first-order valence-electron chi connectivity index (χ1n) is 5.98. The maximum absolute atomic E-state index is 10.9. The van der Waals surface area contributed by atoms with Crippen LogP contribution >= 0.6 is 0 Å². The van der Waals surface area contributed by atoms with Crippen LogP contribution < -0.4 is 11.1 Å². The number of nitrogens with two attached hydrogens (primary N) is 1. The van der Waals surface area contributed by atoms with Crippen molar-refractivity contribution in [1.29, 1.82) is 0 Å². The minimum atomic E-state index is -0.401. The first kappa shape index (κ1) is 12.2. The van der Waals surface area contributed by atoms with E-state index in [0.29, 0.717) is 5.56 Å². The van der Waals surface area contributed by atoms with E-state index in [1.54, 1.807) is 12.1 Å². The zero-order chi connectivity index (χ0) is 13.0. The molecule has 1 heterocycles. The number of aromatic nitrogens is 1. The van der Waals surface area contributed by atoms with Crippen molar-refractivity contribution in [2.45, 2.75) is 20.0 Å². The van der Waals surface area contributed by atoms with Crippen LogP contribution in [-0.2, 0) is 13.1 Å². The molecule has 2 rings (SSSR count). The maximum Gasteiger partial charge on any atom is 0.248 e. The van der Waals surface area contributed by atoms with E-state index in [-0.39, 0.29) is 0 Å². The predicted molar refractivity (Wildman–Crippen MR) is 72.4 cm³/mol. The van der Waals surface area contributed by atoms with Crippen molar-refractivity contribution < 1.29 is 4.79 Å². The molecule has 0 saturated heterocycles. The van der Waals surface area contributed by atoms with Gasteiger partial charge >= 0.3 is 0 Å². The van der Waals surface area contributed by atoms with Crippen molar-refractivity contribution in [2.75, 3.05) is 5.32 Å². The van der Waals surface area contributed by atoms with Crippen molar-refractivity contribution in [3.63, 3.8) is 0 Å². The molecule has 4 nitrogen and oxygen atoms in total. The Bertz CT molecular complexity index is 528. The smallest absolute Gasteiger partial charge is 0.248 e. The Morgan fingerprint density at radius 2 is 2.00 bits per heavy atom. The second-order valence-electron chi connectivity index (χ2n) is 4.08. The number of amides is 1. The van der Waals surface area contributed by atoms with E-state index in [1.165, 1.54) is 5.69 Å². The van der Waals surface area contributed by atoms with Crippen molar-refractivity contribution in [1.82, 2.24) is 4.57 Å². The van der Waals surface area contributed by atoms with E-state index in [9.17, 15) is 4.79 Å². The maximum atomic E-state index is 10.9. The molecule has 2 aromatic rings. The average Bonchev–Trinajstić information content (AvgIpc) is 2.84. The summed E-state index contributed by atoms with van der Waals surface area (Å²) in [5.41, 5.74) is 7.92. The monoisotopic (exact) mass is 243 g/mol. The number of carbonyl (C=O) groups excluding carboxylic acids is 1. The molecule has 4 heteroatoms. The lowest BCUT2D eigenvalue weighted by atomic mass is 10.2. The van der Waals surface area contributed by atoms with E-state index >= 15 is 0 Å². The molecule has 0 fully saturated rings. The Morgan fingerprint density at radius 1 is 1.28 bits per heavy atom. The lowest BCUT2D eigenvalue weighted by Gasteiger charge is -2.09. The van der Waals surface area contributed by atoms with Crippen LogP contribution in [0, 0.1) is 0 Å². The lowest BCUT2D eigenvalue weighted by Crippen LogP contribution is -2.11. The van der Waals surface area contributed by atoms with Crippen LogP contribution in [-0.4, -0.2) is 10.5 Å². The van der Waals surface area contributed by atoms with Crippen molar-refractivity contribution in [3.05, 3.63) is 53.9 Å². The van der Waals surface area contributed by atoms with Gasteiger partial charge in [-0.2, -0.15) is 0 Å². The molecule has 0 saturated carbocycles. The molecule has 0 atom stereocenters. The first-order valence-corrected chi connectivity index (χ1v) is 5.98. The van der Waals surface area contributed by atoms with Crippen LogP contribution in [0.15, 0.2) is 42.6 Å². The molecule has 0 bridgehead atoms. The minimum absolute atomic E-state index is 0.401. The van der Waals surface area contributed by atoms with E-state index in [2.05, 4.69) is 29.1 Å². The summed E-state index contributed by atoms with van der Waals surface area (Å²) in [6.07, 6.45) is 2.06. The van der Waals surface area contributed by atoms with Crippen LogP contribution in [0.1, 0.15) is 23.0 Å². The number of primary amides is 1. The summed E-state index contributed by atoms with van der Waals surface area (Å²) in [6, 6.07) is 11.3. The molecule has 1 aromatic carbocycles. The number of benzene rings is 1. The summed E-state index contributed by atoms with van der Waals surface area (Å²) < 4.78 is 2.19. The predicted octanol–water partition coefficient (Wildman–Crippen LogP) is 2.22. The fourth-order valence-electron chi connectivity index (χ4n) is 1.86. The van der Waals surface area contributed by atoms with Crippen LogP contribution in [0.5, 0.6) is 0 Å². The number of aryl methyl sites for hydroxylation is 1. The molecule has 0 aliphatic rings. The Hall–Kier alpha value is -2.23. The molecule has 1 aromatic heterocycles. The highest BCUT2D eigenvalue weighted by molar-refractivity contribution is 5.93. The molecule has 0 aliphatic carbocycles. The zero-order valence-electron chi connectivity index (χ0n) is 10.4. The third-order valence-electron chi connectivity index (χ3n) is 2.91. The number of hydrogen-bond donors (Lipinski definition) is 2. The molecule has 0 radical (unpaired) electrons. The van der Waals surface area contributed by atoms with Crippen molar-refractivity contribution in [3.8, 4) is 0 Å². The molecule has 94 valence electrons. The highest BCUT2D eigenvalue weighted by Crippen LogP contribution is 2.11. The second kappa shape index (κ2) is 5.40. The van der Waals surface area contributed by atoms with Gasteiger partial charge in [-0.25, -0.2) is 0 Å². The third-order valence-corrected chi connectivity index (χ3v) is 2.91. The highest BCUT2D eigenvalue weighted by Gasteiger charge is 2.01. The van der Waals surface area contributed by atoms with Gasteiger partial charge in [0.15, 0.2) is 0 Å². The summed E-state index contributed by atoms with van der Waals surface area (Å²) in [4.78, 5) is 10.9. The van der Waals surface area contributed by atoms with Gasteiger partial charge in [-0.05, 0) is 43.3 Å². The van der Waals surface area contributed by atoms with Crippen molar-refractivity contribution >= 4 is 11.6 Å². The lowest BCUT2D eigenvalue weighted by molar-refractivity contribution is 0.100. The fraction of sp³-hybridized carbons (Fsp3) is 0.214. The number of anilines is 1. The standard InChI is InChI=1S/C14H17N3O/c1-2-17-9-3-4-13(17)10-16-12-7-5-11(6-8-12)14(15)18/h3-9,16H,2,10H2,1H3,(H2,15,18). The van der Waals surface area contributed by atoms with Gasteiger partial charge in [0.25, 0.3) is 0 Å². The summed E-state index contributed by atoms with van der Waals surface area (Å²) in [5, 5.41) is 3.31. The van der Waals surface area contributed by atoms with Gasteiger partial charge < -0.3 is 15.6 Å². The summed E-state index contributed by atoms with van der Waals surface area (Å²) in [6.45, 7) is 3.84. The van der Waals surface area contributed by atoms with Crippen LogP contribution in [0.3, 0.4) is 0 Å². The van der Waals surface area contributed by atoms with Gasteiger partial charge in [0, 0.05) is 29.7 Å². The van der Waals surface area contributed by atoms with Gasteiger partial charge in [0.1, 0.15) is 0 Å². The number of hydrogen-bond acceptors (Lipinski definition) is 2. The number of rotatable bonds is 5. The highest BCUT2D eigenvalue weighted by atomic mass is 16.1.